The number of likely N-dealkylation sites (tertiary alicyclic amines) is 1. The average Bonchev–Trinajstić information content (AvgIpc) is 2.41. The quantitative estimate of drug-likeness (QED) is 0.754. The summed E-state index contributed by atoms with van der Waals surface area (Å²) in [6, 6.07) is 0. The molecule has 5 heteroatoms. The first-order chi connectivity index (χ1) is 8.36. The highest BCUT2D eigenvalue weighted by molar-refractivity contribution is 5.78. The standard InChI is InChI=1S/C12H22N2O3/c15-12(14-4-2-1-3-5-14)9-13-8-11-10-16-6-7-17-11/h11,13H,1-10H2. The number of rotatable bonds is 4. The first kappa shape index (κ1) is 12.8. The minimum absolute atomic E-state index is 0.0953. The van der Waals surface area contributed by atoms with Gasteiger partial charge in [0.05, 0.1) is 32.5 Å². The largest absolute Gasteiger partial charge is 0.376 e. The minimum Gasteiger partial charge on any atom is -0.376 e. The molecule has 5 nitrogen and oxygen atoms in total. The Morgan fingerprint density at radius 2 is 2.06 bits per heavy atom. The van der Waals surface area contributed by atoms with Crippen LogP contribution >= 0.6 is 0 Å². The molecule has 1 amide bonds. The molecule has 1 unspecified atom stereocenters. The molecule has 0 aliphatic carbocycles. The van der Waals surface area contributed by atoms with E-state index in [1.807, 2.05) is 4.90 Å². The van der Waals surface area contributed by atoms with Crippen LogP contribution in [-0.4, -0.2) is 62.9 Å². The summed E-state index contributed by atoms with van der Waals surface area (Å²) in [5.74, 6) is 0.210. The van der Waals surface area contributed by atoms with Crippen molar-refractivity contribution in [3.63, 3.8) is 0 Å². The highest BCUT2D eigenvalue weighted by Crippen LogP contribution is 2.08. The van der Waals surface area contributed by atoms with Crippen LogP contribution in [-0.2, 0) is 14.3 Å². The SMILES string of the molecule is O=C(CNCC1COCCO1)N1CCCCC1. The molecule has 2 heterocycles. The van der Waals surface area contributed by atoms with Gasteiger partial charge in [0.15, 0.2) is 0 Å². The molecule has 0 aromatic carbocycles. The summed E-state index contributed by atoms with van der Waals surface area (Å²) in [4.78, 5) is 13.8. The molecule has 2 fully saturated rings. The van der Waals surface area contributed by atoms with Crippen molar-refractivity contribution in [2.75, 3.05) is 46.0 Å². The monoisotopic (exact) mass is 242 g/mol. The number of carbonyl (C=O) groups excluding carboxylic acids is 1. The second-order valence-electron chi connectivity index (χ2n) is 4.64. The van der Waals surface area contributed by atoms with Gasteiger partial charge in [-0.05, 0) is 19.3 Å². The van der Waals surface area contributed by atoms with E-state index >= 15 is 0 Å². The summed E-state index contributed by atoms with van der Waals surface area (Å²) in [6.45, 7) is 4.92. The van der Waals surface area contributed by atoms with Gasteiger partial charge >= 0.3 is 0 Å². The van der Waals surface area contributed by atoms with E-state index in [0.717, 1.165) is 25.9 Å². The molecule has 1 atom stereocenters. The summed E-state index contributed by atoms with van der Waals surface area (Å²) in [5, 5.41) is 3.16. The lowest BCUT2D eigenvalue weighted by Crippen LogP contribution is -2.44. The summed E-state index contributed by atoms with van der Waals surface area (Å²) in [5.41, 5.74) is 0. The molecule has 0 aromatic rings. The lowest BCUT2D eigenvalue weighted by Gasteiger charge is -2.27. The van der Waals surface area contributed by atoms with Crippen LogP contribution in [0.1, 0.15) is 19.3 Å². The van der Waals surface area contributed by atoms with Gasteiger partial charge in [0.25, 0.3) is 0 Å². The Morgan fingerprint density at radius 1 is 1.24 bits per heavy atom. The number of nitrogens with one attached hydrogen (secondary N) is 1. The van der Waals surface area contributed by atoms with Crippen molar-refractivity contribution in [3.05, 3.63) is 0 Å². The van der Waals surface area contributed by atoms with Crippen LogP contribution in [0.25, 0.3) is 0 Å². The number of amides is 1. The van der Waals surface area contributed by atoms with Crippen LogP contribution in [0.15, 0.2) is 0 Å². The molecule has 2 rings (SSSR count). The van der Waals surface area contributed by atoms with Gasteiger partial charge in [0.1, 0.15) is 0 Å². The Morgan fingerprint density at radius 3 is 2.76 bits per heavy atom. The number of ether oxygens (including phenoxy) is 2. The maximum atomic E-state index is 11.8. The predicted molar refractivity (Wildman–Crippen MR) is 63.9 cm³/mol. The van der Waals surface area contributed by atoms with Gasteiger partial charge in [0, 0.05) is 19.6 Å². The molecule has 98 valence electrons. The fourth-order valence-electron chi connectivity index (χ4n) is 2.25. The number of nitrogens with zero attached hydrogens (tertiary/aromatic N) is 1. The minimum atomic E-state index is 0.0953. The summed E-state index contributed by atoms with van der Waals surface area (Å²) >= 11 is 0. The van der Waals surface area contributed by atoms with E-state index in [2.05, 4.69) is 5.32 Å². The van der Waals surface area contributed by atoms with Gasteiger partial charge in [-0.25, -0.2) is 0 Å². The number of hydrogen-bond acceptors (Lipinski definition) is 4. The zero-order valence-electron chi connectivity index (χ0n) is 10.3. The third-order valence-corrected chi connectivity index (χ3v) is 3.24. The Bertz CT molecular complexity index is 236. The fraction of sp³-hybridized carbons (Fsp3) is 0.917. The first-order valence-corrected chi connectivity index (χ1v) is 6.54. The van der Waals surface area contributed by atoms with Crippen molar-refractivity contribution in [1.29, 1.82) is 0 Å². The average molecular weight is 242 g/mol. The van der Waals surface area contributed by atoms with Gasteiger partial charge in [-0.1, -0.05) is 0 Å². The summed E-state index contributed by atoms with van der Waals surface area (Å²) in [6.07, 6.45) is 3.64. The molecule has 0 radical (unpaired) electrons. The van der Waals surface area contributed by atoms with E-state index in [4.69, 9.17) is 9.47 Å². The van der Waals surface area contributed by atoms with Crippen LogP contribution in [0.5, 0.6) is 0 Å². The molecule has 2 aliphatic rings. The third kappa shape index (κ3) is 4.26. The van der Waals surface area contributed by atoms with Gasteiger partial charge in [0.2, 0.25) is 5.91 Å². The van der Waals surface area contributed by atoms with Crippen molar-refractivity contribution in [2.45, 2.75) is 25.4 Å². The normalized spacial score (nSPS) is 25.9. The highest BCUT2D eigenvalue weighted by atomic mass is 16.6. The van der Waals surface area contributed by atoms with Crippen LogP contribution in [0.3, 0.4) is 0 Å². The molecule has 0 aromatic heterocycles. The van der Waals surface area contributed by atoms with E-state index in [1.165, 1.54) is 6.42 Å². The molecule has 2 aliphatic heterocycles. The van der Waals surface area contributed by atoms with Crippen molar-refractivity contribution in [2.24, 2.45) is 0 Å². The van der Waals surface area contributed by atoms with Crippen LogP contribution in [0.4, 0.5) is 0 Å². The molecule has 0 spiro atoms. The van der Waals surface area contributed by atoms with Crippen molar-refractivity contribution < 1.29 is 14.3 Å². The molecule has 17 heavy (non-hydrogen) atoms. The molecule has 2 saturated heterocycles. The van der Waals surface area contributed by atoms with Crippen molar-refractivity contribution >= 4 is 5.91 Å². The summed E-state index contributed by atoms with van der Waals surface area (Å²) < 4.78 is 10.8. The number of carbonyl (C=O) groups is 1. The lowest BCUT2D eigenvalue weighted by atomic mass is 10.1. The molecule has 0 bridgehead atoms. The zero-order chi connectivity index (χ0) is 11.9. The molecule has 1 N–H and O–H groups in total. The van der Waals surface area contributed by atoms with Crippen LogP contribution in [0, 0.1) is 0 Å². The number of piperidine rings is 1. The maximum absolute atomic E-state index is 11.8. The van der Waals surface area contributed by atoms with Crippen molar-refractivity contribution in [3.8, 4) is 0 Å². The fourth-order valence-corrected chi connectivity index (χ4v) is 2.25. The molecular formula is C12H22N2O3. The maximum Gasteiger partial charge on any atom is 0.236 e. The third-order valence-electron chi connectivity index (χ3n) is 3.24. The zero-order valence-corrected chi connectivity index (χ0v) is 10.3. The Balaban J connectivity index is 1.58. The van der Waals surface area contributed by atoms with Crippen LogP contribution < -0.4 is 5.32 Å². The Labute approximate surface area is 102 Å². The molecule has 0 saturated carbocycles. The highest BCUT2D eigenvalue weighted by Gasteiger charge is 2.17. The van der Waals surface area contributed by atoms with E-state index in [1.54, 1.807) is 0 Å². The Kier molecular flexibility index (Phi) is 5.22. The van der Waals surface area contributed by atoms with E-state index < -0.39 is 0 Å². The van der Waals surface area contributed by atoms with E-state index in [-0.39, 0.29) is 12.0 Å². The second kappa shape index (κ2) is 6.93. The van der Waals surface area contributed by atoms with Gasteiger partial charge in [-0.3, -0.25) is 4.79 Å². The van der Waals surface area contributed by atoms with Gasteiger partial charge < -0.3 is 19.7 Å². The topological polar surface area (TPSA) is 50.8 Å². The number of hydrogen-bond donors (Lipinski definition) is 1. The smallest absolute Gasteiger partial charge is 0.236 e. The first-order valence-electron chi connectivity index (χ1n) is 6.54. The summed E-state index contributed by atoms with van der Waals surface area (Å²) in [7, 11) is 0. The van der Waals surface area contributed by atoms with Gasteiger partial charge in [-0.15, -0.1) is 0 Å². The van der Waals surface area contributed by atoms with Gasteiger partial charge in [-0.2, -0.15) is 0 Å². The van der Waals surface area contributed by atoms with E-state index in [9.17, 15) is 4.79 Å². The Hall–Kier alpha value is -0.650. The van der Waals surface area contributed by atoms with Crippen molar-refractivity contribution in [1.82, 2.24) is 10.2 Å². The lowest BCUT2D eigenvalue weighted by molar-refractivity contribution is -0.131. The van der Waals surface area contributed by atoms with E-state index in [0.29, 0.717) is 32.9 Å². The molecular weight excluding hydrogens is 220 g/mol. The predicted octanol–water partition coefficient (Wildman–Crippen LogP) is 0.00390. The van der Waals surface area contributed by atoms with Crippen LogP contribution in [0.2, 0.25) is 0 Å². The second-order valence-corrected chi connectivity index (χ2v) is 4.64.